The minimum absolute atomic E-state index is 0.117. The monoisotopic (exact) mass is 267 g/mol. The van der Waals surface area contributed by atoms with Crippen LogP contribution in [0.1, 0.15) is 22.7 Å². The van der Waals surface area contributed by atoms with E-state index in [0.29, 0.717) is 19.8 Å². The summed E-state index contributed by atoms with van der Waals surface area (Å²) >= 11 is 0. The van der Waals surface area contributed by atoms with Gasteiger partial charge in [-0.2, -0.15) is 0 Å². The van der Waals surface area contributed by atoms with Gasteiger partial charge in [-0.25, -0.2) is 0 Å². The van der Waals surface area contributed by atoms with Crippen molar-refractivity contribution in [2.75, 3.05) is 41.1 Å². The van der Waals surface area contributed by atoms with Gasteiger partial charge in [-0.05, 0) is 32.0 Å². The molecule has 0 aliphatic rings. The lowest BCUT2D eigenvalue weighted by molar-refractivity contribution is 0.0593. The van der Waals surface area contributed by atoms with Crippen LogP contribution in [0.5, 0.6) is 5.75 Å². The van der Waals surface area contributed by atoms with E-state index in [9.17, 15) is 0 Å². The molecule has 19 heavy (non-hydrogen) atoms. The molecule has 1 unspecified atom stereocenters. The Bertz CT molecular complexity index is 393. The van der Waals surface area contributed by atoms with Crippen LogP contribution in [0.25, 0.3) is 0 Å². The van der Waals surface area contributed by atoms with Crippen molar-refractivity contribution in [2.24, 2.45) is 0 Å². The van der Waals surface area contributed by atoms with Gasteiger partial charge in [0, 0.05) is 12.7 Å². The largest absolute Gasteiger partial charge is 0.496 e. The van der Waals surface area contributed by atoms with Crippen LogP contribution in [0, 0.1) is 13.8 Å². The second-order valence-corrected chi connectivity index (χ2v) is 4.54. The Morgan fingerprint density at radius 3 is 2.47 bits per heavy atom. The van der Waals surface area contributed by atoms with Gasteiger partial charge < -0.3 is 19.5 Å². The first-order valence-corrected chi connectivity index (χ1v) is 6.53. The molecule has 0 aromatic heterocycles. The molecule has 1 atom stereocenters. The highest BCUT2D eigenvalue weighted by molar-refractivity contribution is 5.46. The first kappa shape index (κ1) is 16.0. The van der Waals surface area contributed by atoms with Gasteiger partial charge in [0.05, 0.1) is 33.0 Å². The standard InChI is InChI=1S/C15H25NO3/c1-11-6-7-13(15(18-5)12(11)2)14(16-3)10-19-9-8-17-4/h6-7,14,16H,8-10H2,1-5H3. The van der Waals surface area contributed by atoms with Crippen molar-refractivity contribution >= 4 is 0 Å². The Morgan fingerprint density at radius 2 is 1.89 bits per heavy atom. The first-order valence-electron chi connectivity index (χ1n) is 6.53. The van der Waals surface area contributed by atoms with Crippen molar-refractivity contribution in [3.05, 3.63) is 28.8 Å². The summed E-state index contributed by atoms with van der Waals surface area (Å²) in [5, 5.41) is 3.27. The van der Waals surface area contributed by atoms with Gasteiger partial charge in [0.1, 0.15) is 5.75 Å². The summed E-state index contributed by atoms with van der Waals surface area (Å²) in [5.41, 5.74) is 3.54. The van der Waals surface area contributed by atoms with Crippen molar-refractivity contribution in [3.63, 3.8) is 0 Å². The molecule has 1 aromatic rings. The average molecular weight is 267 g/mol. The molecule has 0 radical (unpaired) electrons. The van der Waals surface area contributed by atoms with Gasteiger partial charge in [0.25, 0.3) is 0 Å². The molecule has 1 aromatic carbocycles. The van der Waals surface area contributed by atoms with E-state index in [2.05, 4.69) is 31.3 Å². The molecule has 0 saturated carbocycles. The first-order chi connectivity index (χ1) is 9.15. The third-order valence-electron chi connectivity index (χ3n) is 3.35. The SMILES string of the molecule is CNC(COCCOC)c1ccc(C)c(C)c1OC. The number of rotatable bonds is 8. The van der Waals surface area contributed by atoms with E-state index in [1.165, 1.54) is 11.1 Å². The fourth-order valence-corrected chi connectivity index (χ4v) is 2.03. The van der Waals surface area contributed by atoms with Crippen LogP contribution in [0.2, 0.25) is 0 Å². The second-order valence-electron chi connectivity index (χ2n) is 4.54. The number of hydrogen-bond acceptors (Lipinski definition) is 4. The Kier molecular flexibility index (Phi) is 6.84. The summed E-state index contributed by atoms with van der Waals surface area (Å²) in [5.74, 6) is 0.940. The van der Waals surface area contributed by atoms with E-state index in [1.54, 1.807) is 14.2 Å². The number of aryl methyl sites for hydroxylation is 1. The van der Waals surface area contributed by atoms with E-state index in [4.69, 9.17) is 14.2 Å². The van der Waals surface area contributed by atoms with Crippen LogP contribution >= 0.6 is 0 Å². The minimum atomic E-state index is 0.117. The zero-order valence-corrected chi connectivity index (χ0v) is 12.6. The highest BCUT2D eigenvalue weighted by atomic mass is 16.5. The van der Waals surface area contributed by atoms with E-state index in [0.717, 1.165) is 11.3 Å². The third-order valence-corrected chi connectivity index (χ3v) is 3.35. The lowest BCUT2D eigenvalue weighted by Gasteiger charge is -2.21. The lowest BCUT2D eigenvalue weighted by Crippen LogP contribution is -2.23. The summed E-state index contributed by atoms with van der Waals surface area (Å²) in [4.78, 5) is 0. The number of ether oxygens (including phenoxy) is 3. The molecule has 4 nitrogen and oxygen atoms in total. The van der Waals surface area contributed by atoms with Crippen LogP contribution in [-0.4, -0.2) is 41.1 Å². The molecule has 0 aliphatic carbocycles. The van der Waals surface area contributed by atoms with E-state index < -0.39 is 0 Å². The van der Waals surface area contributed by atoms with Crippen molar-refractivity contribution in [3.8, 4) is 5.75 Å². The summed E-state index contributed by atoms with van der Waals surface area (Å²) in [6.45, 7) is 5.97. The summed E-state index contributed by atoms with van der Waals surface area (Å²) < 4.78 is 16.1. The maximum atomic E-state index is 5.61. The topological polar surface area (TPSA) is 39.7 Å². The zero-order valence-electron chi connectivity index (χ0n) is 12.6. The fraction of sp³-hybridized carbons (Fsp3) is 0.600. The van der Waals surface area contributed by atoms with Crippen LogP contribution in [0.4, 0.5) is 0 Å². The van der Waals surface area contributed by atoms with Crippen LogP contribution in [0.3, 0.4) is 0 Å². The van der Waals surface area contributed by atoms with Gasteiger partial charge in [0.2, 0.25) is 0 Å². The Morgan fingerprint density at radius 1 is 1.16 bits per heavy atom. The number of likely N-dealkylation sites (N-methyl/N-ethyl adjacent to an activating group) is 1. The highest BCUT2D eigenvalue weighted by Gasteiger charge is 2.17. The quantitative estimate of drug-likeness (QED) is 0.733. The predicted molar refractivity (Wildman–Crippen MR) is 77.0 cm³/mol. The van der Waals surface area contributed by atoms with Crippen LogP contribution in [-0.2, 0) is 9.47 Å². The molecule has 0 saturated heterocycles. The van der Waals surface area contributed by atoms with Crippen LogP contribution in [0.15, 0.2) is 12.1 Å². The maximum absolute atomic E-state index is 5.61. The summed E-state index contributed by atoms with van der Waals surface area (Å²) in [6.07, 6.45) is 0. The molecule has 0 amide bonds. The number of methoxy groups -OCH3 is 2. The summed E-state index contributed by atoms with van der Waals surface area (Å²) in [6, 6.07) is 4.33. The van der Waals surface area contributed by atoms with Crippen molar-refractivity contribution < 1.29 is 14.2 Å². The van der Waals surface area contributed by atoms with Gasteiger partial charge in [-0.1, -0.05) is 12.1 Å². The molecule has 0 aliphatic heterocycles. The molecule has 0 heterocycles. The number of benzene rings is 1. The van der Waals surface area contributed by atoms with Crippen LogP contribution < -0.4 is 10.1 Å². The van der Waals surface area contributed by atoms with E-state index >= 15 is 0 Å². The zero-order chi connectivity index (χ0) is 14.3. The Hall–Kier alpha value is -1.10. The second kappa shape index (κ2) is 8.15. The van der Waals surface area contributed by atoms with Crippen molar-refractivity contribution in [2.45, 2.75) is 19.9 Å². The lowest BCUT2D eigenvalue weighted by atomic mass is 9.99. The average Bonchev–Trinajstić information content (AvgIpc) is 2.42. The van der Waals surface area contributed by atoms with Gasteiger partial charge in [0.15, 0.2) is 0 Å². The van der Waals surface area contributed by atoms with Crippen molar-refractivity contribution in [1.82, 2.24) is 5.32 Å². The normalized spacial score (nSPS) is 12.5. The predicted octanol–water partition coefficient (Wildman–Crippen LogP) is 2.24. The Balaban J connectivity index is 2.83. The molecular formula is C15H25NO3. The number of hydrogen-bond donors (Lipinski definition) is 1. The third kappa shape index (κ3) is 4.20. The minimum Gasteiger partial charge on any atom is -0.496 e. The molecule has 0 bridgehead atoms. The maximum Gasteiger partial charge on any atom is 0.126 e. The molecule has 0 fully saturated rings. The van der Waals surface area contributed by atoms with E-state index in [-0.39, 0.29) is 6.04 Å². The highest BCUT2D eigenvalue weighted by Crippen LogP contribution is 2.30. The number of nitrogens with one attached hydrogen (secondary N) is 1. The fourth-order valence-electron chi connectivity index (χ4n) is 2.03. The molecule has 1 rings (SSSR count). The van der Waals surface area contributed by atoms with Crippen molar-refractivity contribution in [1.29, 1.82) is 0 Å². The van der Waals surface area contributed by atoms with Gasteiger partial charge >= 0.3 is 0 Å². The smallest absolute Gasteiger partial charge is 0.126 e. The molecular weight excluding hydrogens is 242 g/mol. The molecule has 1 N–H and O–H groups in total. The van der Waals surface area contributed by atoms with E-state index in [1.807, 2.05) is 7.05 Å². The van der Waals surface area contributed by atoms with Gasteiger partial charge in [-0.3, -0.25) is 0 Å². The molecule has 4 heteroatoms. The van der Waals surface area contributed by atoms with Gasteiger partial charge in [-0.15, -0.1) is 0 Å². The molecule has 0 spiro atoms. The summed E-state index contributed by atoms with van der Waals surface area (Å²) in [7, 11) is 5.31. The Labute approximate surface area is 116 Å². The molecule has 108 valence electrons.